The van der Waals surface area contributed by atoms with Crippen LogP contribution in [0.1, 0.15) is 37.8 Å². The summed E-state index contributed by atoms with van der Waals surface area (Å²) in [5.41, 5.74) is 3.93. The summed E-state index contributed by atoms with van der Waals surface area (Å²) in [5.74, 6) is -0.162. The van der Waals surface area contributed by atoms with Gasteiger partial charge in [-0.15, -0.1) is 0 Å². The SMILES string of the molecule is CC1=C(C#N)C(c2cnc[nH]2)C2=C(CCCC2=O)N1. The molecule has 0 saturated carbocycles. The van der Waals surface area contributed by atoms with Crippen molar-refractivity contribution >= 4 is 5.78 Å². The van der Waals surface area contributed by atoms with Crippen LogP contribution in [0.2, 0.25) is 0 Å². The van der Waals surface area contributed by atoms with E-state index in [4.69, 9.17) is 0 Å². The van der Waals surface area contributed by atoms with Crippen LogP contribution in [-0.2, 0) is 4.79 Å². The zero-order chi connectivity index (χ0) is 13.4. The number of aromatic amines is 1. The molecule has 96 valence electrons. The molecular weight excluding hydrogens is 240 g/mol. The summed E-state index contributed by atoms with van der Waals surface area (Å²) in [5, 5.41) is 12.6. The number of allylic oxidation sites excluding steroid dienone is 4. The molecule has 5 nitrogen and oxygen atoms in total. The minimum Gasteiger partial charge on any atom is -0.361 e. The Balaban J connectivity index is 2.18. The summed E-state index contributed by atoms with van der Waals surface area (Å²) in [6.45, 7) is 1.88. The van der Waals surface area contributed by atoms with Gasteiger partial charge in [-0.2, -0.15) is 5.26 Å². The second-order valence-electron chi connectivity index (χ2n) is 4.88. The molecule has 2 aliphatic rings. The molecule has 2 N–H and O–H groups in total. The van der Waals surface area contributed by atoms with E-state index in [1.54, 1.807) is 12.5 Å². The Hall–Kier alpha value is -2.35. The number of nitriles is 1. The normalized spacial score (nSPS) is 22.9. The van der Waals surface area contributed by atoms with Crippen molar-refractivity contribution in [2.24, 2.45) is 0 Å². The van der Waals surface area contributed by atoms with Crippen LogP contribution in [0, 0.1) is 11.3 Å². The van der Waals surface area contributed by atoms with Crippen LogP contribution >= 0.6 is 0 Å². The van der Waals surface area contributed by atoms with Gasteiger partial charge in [-0.1, -0.05) is 0 Å². The van der Waals surface area contributed by atoms with Crippen LogP contribution in [0.3, 0.4) is 0 Å². The largest absolute Gasteiger partial charge is 0.361 e. The summed E-state index contributed by atoms with van der Waals surface area (Å²) in [6, 6.07) is 2.23. The van der Waals surface area contributed by atoms with E-state index in [1.165, 1.54) is 0 Å². The number of carbonyl (C=O) groups is 1. The van der Waals surface area contributed by atoms with Gasteiger partial charge in [0.1, 0.15) is 0 Å². The maximum atomic E-state index is 12.2. The first-order valence-electron chi connectivity index (χ1n) is 6.34. The number of hydrogen-bond acceptors (Lipinski definition) is 4. The lowest BCUT2D eigenvalue weighted by Crippen LogP contribution is -2.31. The molecule has 0 amide bonds. The third-order valence-electron chi connectivity index (χ3n) is 3.73. The van der Waals surface area contributed by atoms with Crippen molar-refractivity contribution in [2.45, 2.75) is 32.1 Å². The Morgan fingerprint density at radius 3 is 3.00 bits per heavy atom. The van der Waals surface area contributed by atoms with Crippen molar-refractivity contribution in [2.75, 3.05) is 0 Å². The van der Waals surface area contributed by atoms with Gasteiger partial charge in [-0.3, -0.25) is 4.79 Å². The highest BCUT2D eigenvalue weighted by atomic mass is 16.1. The molecule has 0 saturated heterocycles. The highest BCUT2D eigenvalue weighted by molar-refractivity contribution is 5.99. The second-order valence-corrected chi connectivity index (χ2v) is 4.88. The van der Waals surface area contributed by atoms with Crippen molar-refractivity contribution in [3.8, 4) is 6.07 Å². The molecule has 1 unspecified atom stereocenters. The summed E-state index contributed by atoms with van der Waals surface area (Å²) in [6.07, 6.45) is 5.56. The van der Waals surface area contributed by atoms with E-state index in [9.17, 15) is 10.1 Å². The molecule has 0 bridgehead atoms. The first kappa shape index (κ1) is 11.7. The first-order valence-corrected chi connectivity index (χ1v) is 6.34. The van der Waals surface area contributed by atoms with Crippen molar-refractivity contribution in [1.29, 1.82) is 5.26 Å². The van der Waals surface area contributed by atoms with Gasteiger partial charge < -0.3 is 10.3 Å². The summed E-state index contributed by atoms with van der Waals surface area (Å²) in [4.78, 5) is 19.3. The molecule has 1 aromatic heterocycles. The van der Waals surface area contributed by atoms with Crippen LogP contribution in [0.15, 0.2) is 35.1 Å². The molecule has 1 aliphatic carbocycles. The molecule has 3 rings (SSSR count). The fourth-order valence-electron chi connectivity index (χ4n) is 2.87. The van der Waals surface area contributed by atoms with Gasteiger partial charge >= 0.3 is 0 Å². The molecule has 1 aliphatic heterocycles. The van der Waals surface area contributed by atoms with Crippen LogP contribution in [-0.4, -0.2) is 15.8 Å². The number of rotatable bonds is 1. The molecule has 5 heteroatoms. The number of hydrogen-bond donors (Lipinski definition) is 2. The van der Waals surface area contributed by atoms with E-state index in [0.29, 0.717) is 12.0 Å². The summed E-state index contributed by atoms with van der Waals surface area (Å²) >= 11 is 0. The van der Waals surface area contributed by atoms with Gasteiger partial charge in [0.05, 0.1) is 23.9 Å². The smallest absolute Gasteiger partial charge is 0.161 e. The van der Waals surface area contributed by atoms with Gasteiger partial charge in [0.2, 0.25) is 0 Å². The number of dihydropyridines is 1. The van der Waals surface area contributed by atoms with Crippen LogP contribution < -0.4 is 5.32 Å². The lowest BCUT2D eigenvalue weighted by atomic mass is 9.78. The van der Waals surface area contributed by atoms with Crippen molar-refractivity contribution in [1.82, 2.24) is 15.3 Å². The molecule has 19 heavy (non-hydrogen) atoms. The van der Waals surface area contributed by atoms with E-state index >= 15 is 0 Å². The Kier molecular flexibility index (Phi) is 2.71. The third kappa shape index (κ3) is 1.76. The average Bonchev–Trinajstić information content (AvgIpc) is 2.91. The molecule has 1 aromatic rings. The number of H-pyrrole nitrogens is 1. The van der Waals surface area contributed by atoms with Gasteiger partial charge in [-0.25, -0.2) is 4.98 Å². The van der Waals surface area contributed by atoms with E-state index < -0.39 is 0 Å². The fraction of sp³-hybridized carbons (Fsp3) is 0.357. The van der Waals surface area contributed by atoms with E-state index in [-0.39, 0.29) is 11.7 Å². The summed E-state index contributed by atoms with van der Waals surface area (Å²) in [7, 11) is 0. The van der Waals surface area contributed by atoms with Crippen LogP contribution in [0.5, 0.6) is 0 Å². The average molecular weight is 254 g/mol. The fourth-order valence-corrected chi connectivity index (χ4v) is 2.87. The molecule has 0 aromatic carbocycles. The predicted molar refractivity (Wildman–Crippen MR) is 68.7 cm³/mol. The van der Waals surface area contributed by atoms with Crippen molar-refractivity contribution < 1.29 is 4.79 Å². The zero-order valence-corrected chi connectivity index (χ0v) is 10.7. The predicted octanol–water partition coefficient (Wildman–Crippen LogP) is 1.90. The Bertz CT molecular complexity index is 631. The summed E-state index contributed by atoms with van der Waals surface area (Å²) < 4.78 is 0. The molecular formula is C14H14N4O. The van der Waals surface area contributed by atoms with Gasteiger partial charge in [0.15, 0.2) is 5.78 Å². The van der Waals surface area contributed by atoms with Crippen molar-refractivity contribution in [3.05, 3.63) is 40.8 Å². The molecule has 1 atom stereocenters. The molecule has 0 radical (unpaired) electrons. The van der Waals surface area contributed by atoms with E-state index in [0.717, 1.165) is 35.5 Å². The van der Waals surface area contributed by atoms with Gasteiger partial charge in [0.25, 0.3) is 0 Å². The minimum absolute atomic E-state index is 0.133. The topological polar surface area (TPSA) is 81.6 Å². The second kappa shape index (κ2) is 4.39. The lowest BCUT2D eigenvalue weighted by molar-refractivity contribution is -0.116. The number of nitrogens with one attached hydrogen (secondary N) is 2. The Labute approximate surface area is 111 Å². The number of nitrogens with zero attached hydrogens (tertiary/aromatic N) is 2. The van der Waals surface area contributed by atoms with Gasteiger partial charge in [-0.05, 0) is 19.8 Å². The maximum Gasteiger partial charge on any atom is 0.161 e. The van der Waals surface area contributed by atoms with E-state index in [1.807, 2.05) is 6.92 Å². The highest BCUT2D eigenvalue weighted by Gasteiger charge is 2.36. The van der Waals surface area contributed by atoms with Gasteiger partial charge in [0, 0.05) is 35.3 Å². The monoisotopic (exact) mass is 254 g/mol. The highest BCUT2D eigenvalue weighted by Crippen LogP contribution is 2.40. The zero-order valence-electron chi connectivity index (χ0n) is 10.7. The number of ketones is 1. The van der Waals surface area contributed by atoms with Crippen LogP contribution in [0.4, 0.5) is 0 Å². The Morgan fingerprint density at radius 2 is 2.32 bits per heavy atom. The number of Topliss-reactive ketones (excluding diaryl/α,β-unsaturated/α-hetero) is 1. The Morgan fingerprint density at radius 1 is 1.47 bits per heavy atom. The minimum atomic E-state index is -0.295. The molecule has 0 spiro atoms. The molecule has 2 heterocycles. The quantitative estimate of drug-likeness (QED) is 0.802. The van der Waals surface area contributed by atoms with E-state index in [2.05, 4.69) is 21.4 Å². The third-order valence-corrected chi connectivity index (χ3v) is 3.73. The lowest BCUT2D eigenvalue weighted by Gasteiger charge is -2.31. The first-order chi connectivity index (χ1) is 9.22. The number of imidazole rings is 1. The maximum absolute atomic E-state index is 12.2. The van der Waals surface area contributed by atoms with Crippen LogP contribution in [0.25, 0.3) is 0 Å². The standard InChI is InChI=1S/C14H14N4O/c1-8-9(5-15)13(11-6-16-7-17-11)14-10(18-8)3-2-4-12(14)19/h6-7,13,18H,2-4H2,1H3,(H,16,17). The number of carbonyl (C=O) groups excluding carboxylic acids is 1. The van der Waals surface area contributed by atoms with Crippen molar-refractivity contribution in [3.63, 3.8) is 0 Å². The molecule has 0 fully saturated rings. The number of aromatic nitrogens is 2.